The van der Waals surface area contributed by atoms with Crippen LogP contribution in [0.5, 0.6) is 0 Å². The Balaban J connectivity index is 2.12. The van der Waals surface area contributed by atoms with Gasteiger partial charge >= 0.3 is 0 Å². The van der Waals surface area contributed by atoms with Gasteiger partial charge in [-0.05, 0) is 35.1 Å². The Kier molecular flexibility index (Phi) is 4.46. The van der Waals surface area contributed by atoms with Crippen LogP contribution >= 0.6 is 11.6 Å². The van der Waals surface area contributed by atoms with Crippen molar-refractivity contribution in [2.24, 2.45) is 0 Å². The fraction of sp³-hybridized carbons (Fsp3) is 0.0909. The molecule has 0 aliphatic rings. The van der Waals surface area contributed by atoms with Crippen molar-refractivity contribution in [3.05, 3.63) is 113 Å². The third-order valence-electron chi connectivity index (χ3n) is 3.58. The first-order valence-corrected chi connectivity index (χ1v) is 8.01. The standard InChI is InChI=1S/C22H19Cl/c23-22(20-14-8-3-9-15-20)21(16-18-10-4-1-5-11-18)17-19-12-6-2-7-13-19/h1-15H,16-17H2/i16D2/b22-21-. The molecule has 3 rings (SSSR count). The average molecular weight is 321 g/mol. The third kappa shape index (κ3) is 4.34. The molecule has 3 aromatic carbocycles. The highest BCUT2D eigenvalue weighted by atomic mass is 35.5. The molecule has 0 aliphatic heterocycles. The molecule has 3 aromatic rings. The lowest BCUT2D eigenvalue weighted by molar-refractivity contribution is 1.04. The summed E-state index contributed by atoms with van der Waals surface area (Å²) in [4.78, 5) is 0. The van der Waals surface area contributed by atoms with Gasteiger partial charge in [-0.2, -0.15) is 0 Å². The normalized spacial score (nSPS) is 13.8. The monoisotopic (exact) mass is 320 g/mol. The molecule has 0 amide bonds. The van der Waals surface area contributed by atoms with Gasteiger partial charge in [0.2, 0.25) is 0 Å². The summed E-state index contributed by atoms with van der Waals surface area (Å²) in [6.07, 6.45) is -1.21. The van der Waals surface area contributed by atoms with E-state index in [0.717, 1.165) is 11.1 Å². The van der Waals surface area contributed by atoms with E-state index in [1.165, 1.54) is 0 Å². The van der Waals surface area contributed by atoms with Crippen LogP contribution in [0.15, 0.2) is 96.6 Å². The summed E-state index contributed by atoms with van der Waals surface area (Å²) in [6.45, 7) is 0. The summed E-state index contributed by atoms with van der Waals surface area (Å²) in [5, 5.41) is 0.471. The summed E-state index contributed by atoms with van der Waals surface area (Å²) in [6, 6.07) is 28.6. The molecule has 0 N–H and O–H groups in total. The molecule has 0 saturated heterocycles. The third-order valence-corrected chi connectivity index (χ3v) is 4.03. The second-order valence-electron chi connectivity index (χ2n) is 5.31. The summed E-state index contributed by atoms with van der Waals surface area (Å²) in [5.41, 5.74) is 3.04. The number of benzene rings is 3. The lowest BCUT2D eigenvalue weighted by Crippen LogP contribution is -1.98. The SMILES string of the molecule is [2H]C([2H])(/C(Cc1ccccc1)=C(/Cl)c1ccccc1)c1ccccc1. The molecule has 0 nitrogen and oxygen atoms in total. The van der Waals surface area contributed by atoms with Crippen molar-refractivity contribution in [1.29, 1.82) is 0 Å². The molecular weight excluding hydrogens is 300 g/mol. The zero-order valence-electron chi connectivity index (χ0n) is 14.7. The minimum atomic E-state index is -1.66. The Morgan fingerprint density at radius 2 is 1.17 bits per heavy atom. The topological polar surface area (TPSA) is 0 Å². The fourth-order valence-electron chi connectivity index (χ4n) is 2.43. The van der Waals surface area contributed by atoms with E-state index in [1.807, 2.05) is 78.9 Å². The maximum Gasteiger partial charge on any atom is 0.0477 e. The Morgan fingerprint density at radius 3 is 1.74 bits per heavy atom. The second-order valence-corrected chi connectivity index (χ2v) is 5.69. The molecular formula is C22H19Cl. The molecule has 0 radical (unpaired) electrons. The molecule has 0 heterocycles. The zero-order chi connectivity index (χ0) is 17.7. The molecule has 0 aliphatic carbocycles. The van der Waals surface area contributed by atoms with Crippen LogP contribution in [0.2, 0.25) is 0 Å². The van der Waals surface area contributed by atoms with E-state index < -0.39 is 6.37 Å². The van der Waals surface area contributed by atoms with Crippen LogP contribution in [-0.4, -0.2) is 0 Å². The van der Waals surface area contributed by atoms with E-state index in [4.69, 9.17) is 14.3 Å². The molecule has 0 atom stereocenters. The Labute approximate surface area is 145 Å². The van der Waals surface area contributed by atoms with Crippen molar-refractivity contribution >= 4 is 16.6 Å². The molecule has 0 spiro atoms. The van der Waals surface area contributed by atoms with E-state index in [9.17, 15) is 0 Å². The molecule has 0 bridgehead atoms. The van der Waals surface area contributed by atoms with Crippen LogP contribution in [-0.2, 0) is 12.8 Å². The molecule has 0 unspecified atom stereocenters. The van der Waals surface area contributed by atoms with Gasteiger partial charge in [-0.15, -0.1) is 0 Å². The summed E-state index contributed by atoms with van der Waals surface area (Å²) in [7, 11) is 0. The molecule has 23 heavy (non-hydrogen) atoms. The second kappa shape index (κ2) is 7.80. The first kappa shape index (κ1) is 13.2. The summed E-state index contributed by atoms with van der Waals surface area (Å²) < 4.78 is 17.6. The van der Waals surface area contributed by atoms with Crippen molar-refractivity contribution in [2.75, 3.05) is 0 Å². The highest BCUT2D eigenvalue weighted by Crippen LogP contribution is 2.28. The van der Waals surface area contributed by atoms with Crippen LogP contribution in [0.4, 0.5) is 0 Å². The van der Waals surface area contributed by atoms with Crippen molar-refractivity contribution in [3.63, 3.8) is 0 Å². The van der Waals surface area contributed by atoms with E-state index in [0.29, 0.717) is 22.6 Å². The average Bonchev–Trinajstić information content (AvgIpc) is 2.67. The van der Waals surface area contributed by atoms with Gasteiger partial charge in [-0.3, -0.25) is 0 Å². The lowest BCUT2D eigenvalue weighted by Gasteiger charge is -2.12. The van der Waals surface area contributed by atoms with E-state index in [-0.39, 0.29) is 0 Å². The Morgan fingerprint density at radius 1 is 0.696 bits per heavy atom. The fourth-order valence-corrected chi connectivity index (χ4v) is 2.67. The highest BCUT2D eigenvalue weighted by Gasteiger charge is 2.09. The van der Waals surface area contributed by atoms with Gasteiger partial charge in [-0.1, -0.05) is 103 Å². The minimum absolute atomic E-state index is 0.455. The number of allylic oxidation sites excluding steroid dienone is 1. The number of hydrogen-bond donors (Lipinski definition) is 0. The molecule has 1 heteroatoms. The van der Waals surface area contributed by atoms with Gasteiger partial charge in [0, 0.05) is 7.77 Å². The van der Waals surface area contributed by atoms with Crippen LogP contribution in [0.1, 0.15) is 19.4 Å². The molecule has 0 fully saturated rings. The van der Waals surface area contributed by atoms with Crippen LogP contribution < -0.4 is 0 Å². The van der Waals surface area contributed by atoms with Crippen molar-refractivity contribution in [1.82, 2.24) is 0 Å². The number of halogens is 1. The van der Waals surface area contributed by atoms with Crippen molar-refractivity contribution in [2.45, 2.75) is 12.8 Å². The molecule has 114 valence electrons. The number of rotatable bonds is 5. The predicted molar refractivity (Wildman–Crippen MR) is 99.5 cm³/mol. The van der Waals surface area contributed by atoms with Crippen LogP contribution in [0, 0.1) is 0 Å². The highest BCUT2D eigenvalue weighted by molar-refractivity contribution is 6.49. The maximum absolute atomic E-state index is 8.78. The van der Waals surface area contributed by atoms with E-state index >= 15 is 0 Å². The smallest absolute Gasteiger partial charge is 0.0477 e. The van der Waals surface area contributed by atoms with Crippen LogP contribution in [0.25, 0.3) is 5.03 Å². The predicted octanol–water partition coefficient (Wildman–Crippen LogP) is 6.12. The molecule has 0 saturated carbocycles. The minimum Gasteiger partial charge on any atom is -0.0837 e. The summed E-state index contributed by atoms with van der Waals surface area (Å²) >= 11 is 6.70. The van der Waals surface area contributed by atoms with Gasteiger partial charge < -0.3 is 0 Å². The van der Waals surface area contributed by atoms with Gasteiger partial charge in [0.1, 0.15) is 0 Å². The molecule has 0 aromatic heterocycles. The van der Waals surface area contributed by atoms with Gasteiger partial charge in [0.15, 0.2) is 0 Å². The quantitative estimate of drug-likeness (QED) is 0.531. The van der Waals surface area contributed by atoms with Crippen molar-refractivity contribution in [3.8, 4) is 0 Å². The Bertz CT molecular complexity index is 841. The van der Waals surface area contributed by atoms with E-state index in [1.54, 1.807) is 12.1 Å². The largest absolute Gasteiger partial charge is 0.0837 e. The number of hydrogen-bond acceptors (Lipinski definition) is 0. The van der Waals surface area contributed by atoms with Gasteiger partial charge in [-0.25, -0.2) is 0 Å². The lowest BCUT2D eigenvalue weighted by atomic mass is 9.96. The zero-order valence-corrected chi connectivity index (χ0v) is 13.5. The van der Waals surface area contributed by atoms with E-state index in [2.05, 4.69) is 0 Å². The first-order valence-electron chi connectivity index (χ1n) is 8.63. The maximum atomic E-state index is 8.78. The first-order chi connectivity index (χ1) is 12.1. The van der Waals surface area contributed by atoms with Crippen LogP contribution in [0.3, 0.4) is 0 Å². The van der Waals surface area contributed by atoms with Gasteiger partial charge in [0.25, 0.3) is 0 Å². The van der Waals surface area contributed by atoms with Crippen molar-refractivity contribution < 1.29 is 2.74 Å². The van der Waals surface area contributed by atoms with Gasteiger partial charge in [0.05, 0.1) is 0 Å². The Hall–Kier alpha value is -2.31. The summed E-state index contributed by atoms with van der Waals surface area (Å²) in [5.74, 6) is 0.